The maximum absolute atomic E-state index is 10.9. The molecule has 0 aromatic carbocycles. The van der Waals surface area contributed by atoms with E-state index >= 15 is 0 Å². The Kier molecular flexibility index (Phi) is 2.53. The highest BCUT2D eigenvalue weighted by Gasteiger charge is 2.29. The van der Waals surface area contributed by atoms with E-state index in [2.05, 4.69) is 16.9 Å². The van der Waals surface area contributed by atoms with Crippen LogP contribution in [0.2, 0.25) is 0 Å². The Morgan fingerprint density at radius 1 is 1.67 bits per heavy atom. The molecule has 1 heterocycles. The van der Waals surface area contributed by atoms with E-state index in [1.165, 1.54) is 0 Å². The van der Waals surface area contributed by atoms with E-state index in [1.807, 2.05) is 0 Å². The van der Waals surface area contributed by atoms with Gasteiger partial charge in [-0.2, -0.15) is 0 Å². The number of aromatic carboxylic acids is 1. The first kappa shape index (κ1) is 9.89. The largest absolute Gasteiger partial charge is 0.476 e. The van der Waals surface area contributed by atoms with Gasteiger partial charge in [-0.15, -0.1) is 11.7 Å². The number of carboxylic acids is 1. The lowest BCUT2D eigenvalue weighted by molar-refractivity contribution is 0.0687. The molecular weight excluding hydrogens is 194 g/mol. The zero-order valence-corrected chi connectivity index (χ0v) is 8.39. The van der Waals surface area contributed by atoms with Crippen molar-refractivity contribution in [2.45, 2.75) is 31.7 Å². The predicted molar refractivity (Wildman–Crippen MR) is 53.8 cm³/mol. The van der Waals surface area contributed by atoms with E-state index in [0.717, 1.165) is 25.0 Å². The molecule has 1 saturated carbocycles. The number of nitrogens with zero attached hydrogens (tertiary/aromatic N) is 3. The third-order valence-corrected chi connectivity index (χ3v) is 2.77. The van der Waals surface area contributed by atoms with Crippen LogP contribution in [0, 0.1) is 0 Å². The second kappa shape index (κ2) is 3.84. The van der Waals surface area contributed by atoms with Gasteiger partial charge in [0.1, 0.15) is 0 Å². The van der Waals surface area contributed by atoms with Crippen molar-refractivity contribution in [2.75, 3.05) is 0 Å². The van der Waals surface area contributed by atoms with Gasteiger partial charge in [-0.25, -0.2) is 9.48 Å². The normalized spacial score (nSPS) is 16.0. The molecule has 1 aromatic rings. The molecule has 0 unspecified atom stereocenters. The summed E-state index contributed by atoms with van der Waals surface area (Å²) in [6.07, 6.45) is 4.92. The molecule has 5 nitrogen and oxygen atoms in total. The number of carboxylic acid groups (broad SMARTS) is 1. The van der Waals surface area contributed by atoms with Gasteiger partial charge in [-0.3, -0.25) is 0 Å². The standard InChI is InChI=1S/C10H13N3O2/c1-2-6-13-9(7-4-3-5-7)8(10(14)15)11-12-13/h2,7H,1,3-6H2,(H,14,15). The highest BCUT2D eigenvalue weighted by molar-refractivity contribution is 5.86. The number of hydrogen-bond acceptors (Lipinski definition) is 3. The SMILES string of the molecule is C=CCn1nnc(C(=O)O)c1C1CCC1. The van der Waals surface area contributed by atoms with Gasteiger partial charge in [-0.05, 0) is 12.8 Å². The van der Waals surface area contributed by atoms with Gasteiger partial charge in [0.25, 0.3) is 0 Å². The first-order chi connectivity index (χ1) is 7.24. The van der Waals surface area contributed by atoms with Crippen LogP contribution in [0.4, 0.5) is 0 Å². The summed E-state index contributed by atoms with van der Waals surface area (Å²) in [6.45, 7) is 4.14. The van der Waals surface area contributed by atoms with Gasteiger partial charge in [-0.1, -0.05) is 17.7 Å². The Labute approximate surface area is 87.4 Å². The molecule has 2 rings (SSSR count). The first-order valence-corrected chi connectivity index (χ1v) is 5.01. The molecule has 1 aromatic heterocycles. The molecule has 80 valence electrons. The minimum Gasteiger partial charge on any atom is -0.476 e. The molecule has 1 N–H and O–H groups in total. The molecule has 0 atom stereocenters. The van der Waals surface area contributed by atoms with Gasteiger partial charge in [0, 0.05) is 5.92 Å². The van der Waals surface area contributed by atoms with Crippen LogP contribution in [-0.4, -0.2) is 26.1 Å². The Bertz CT molecular complexity index is 393. The van der Waals surface area contributed by atoms with Crippen molar-refractivity contribution in [3.8, 4) is 0 Å². The van der Waals surface area contributed by atoms with Crippen LogP contribution < -0.4 is 0 Å². The second-order valence-corrected chi connectivity index (χ2v) is 3.73. The molecule has 0 amide bonds. The van der Waals surface area contributed by atoms with Crippen molar-refractivity contribution in [1.82, 2.24) is 15.0 Å². The lowest BCUT2D eigenvalue weighted by atomic mass is 9.82. The molecule has 0 saturated heterocycles. The maximum Gasteiger partial charge on any atom is 0.358 e. The summed E-state index contributed by atoms with van der Waals surface area (Å²) in [7, 11) is 0. The number of hydrogen-bond donors (Lipinski definition) is 1. The zero-order chi connectivity index (χ0) is 10.8. The van der Waals surface area contributed by atoms with Crippen LogP contribution in [0.3, 0.4) is 0 Å². The maximum atomic E-state index is 10.9. The number of aromatic nitrogens is 3. The number of rotatable bonds is 4. The molecule has 1 aliphatic carbocycles. The van der Waals surface area contributed by atoms with Crippen LogP contribution in [0.15, 0.2) is 12.7 Å². The fraction of sp³-hybridized carbons (Fsp3) is 0.500. The lowest BCUT2D eigenvalue weighted by Gasteiger charge is -2.25. The smallest absolute Gasteiger partial charge is 0.358 e. The highest BCUT2D eigenvalue weighted by Crippen LogP contribution is 2.37. The molecule has 0 bridgehead atoms. The van der Waals surface area contributed by atoms with Crippen LogP contribution in [-0.2, 0) is 6.54 Å². The number of carbonyl (C=O) groups is 1. The lowest BCUT2D eigenvalue weighted by Crippen LogP contribution is -2.18. The van der Waals surface area contributed by atoms with Crippen LogP contribution >= 0.6 is 0 Å². The van der Waals surface area contributed by atoms with E-state index in [0.29, 0.717) is 12.5 Å². The summed E-state index contributed by atoms with van der Waals surface area (Å²) < 4.78 is 1.64. The molecule has 15 heavy (non-hydrogen) atoms. The third kappa shape index (κ3) is 1.65. The van der Waals surface area contributed by atoms with Crippen LogP contribution in [0.5, 0.6) is 0 Å². The molecule has 1 aliphatic rings. The minimum atomic E-state index is -0.993. The highest BCUT2D eigenvalue weighted by atomic mass is 16.4. The van der Waals surface area contributed by atoms with Gasteiger partial charge in [0.15, 0.2) is 5.69 Å². The van der Waals surface area contributed by atoms with Crippen molar-refractivity contribution in [3.05, 3.63) is 24.0 Å². The molecular formula is C10H13N3O2. The van der Waals surface area contributed by atoms with Crippen molar-refractivity contribution in [1.29, 1.82) is 0 Å². The second-order valence-electron chi connectivity index (χ2n) is 3.73. The monoisotopic (exact) mass is 207 g/mol. The summed E-state index contributed by atoms with van der Waals surface area (Å²) in [5, 5.41) is 16.5. The zero-order valence-electron chi connectivity index (χ0n) is 8.39. The molecule has 0 spiro atoms. The summed E-state index contributed by atoms with van der Waals surface area (Å²) >= 11 is 0. The van der Waals surface area contributed by atoms with E-state index in [4.69, 9.17) is 5.11 Å². The fourth-order valence-electron chi connectivity index (χ4n) is 1.82. The molecule has 5 heteroatoms. The summed E-state index contributed by atoms with van der Waals surface area (Å²) in [5.41, 5.74) is 0.857. The van der Waals surface area contributed by atoms with Gasteiger partial charge < -0.3 is 5.11 Å². The van der Waals surface area contributed by atoms with E-state index in [-0.39, 0.29) is 5.69 Å². The van der Waals surface area contributed by atoms with Crippen molar-refractivity contribution >= 4 is 5.97 Å². The van der Waals surface area contributed by atoms with Gasteiger partial charge in [0.05, 0.1) is 12.2 Å². The summed E-state index contributed by atoms with van der Waals surface area (Å²) in [6, 6.07) is 0. The summed E-state index contributed by atoms with van der Waals surface area (Å²) in [5.74, 6) is -0.682. The average molecular weight is 207 g/mol. The van der Waals surface area contributed by atoms with Crippen molar-refractivity contribution in [3.63, 3.8) is 0 Å². The van der Waals surface area contributed by atoms with Gasteiger partial charge in [0.2, 0.25) is 0 Å². The molecule has 0 radical (unpaired) electrons. The fourth-order valence-corrected chi connectivity index (χ4v) is 1.82. The quantitative estimate of drug-likeness (QED) is 0.758. The average Bonchev–Trinajstić information content (AvgIpc) is 2.47. The predicted octanol–water partition coefficient (Wildman–Crippen LogP) is 1.43. The third-order valence-electron chi connectivity index (χ3n) is 2.77. The molecule has 0 aliphatic heterocycles. The topological polar surface area (TPSA) is 68.0 Å². The van der Waals surface area contributed by atoms with Crippen LogP contribution in [0.1, 0.15) is 41.4 Å². The Morgan fingerprint density at radius 3 is 2.87 bits per heavy atom. The summed E-state index contributed by atoms with van der Waals surface area (Å²) in [4.78, 5) is 10.9. The Balaban J connectivity index is 2.38. The Morgan fingerprint density at radius 2 is 2.40 bits per heavy atom. The minimum absolute atomic E-state index is 0.0987. The number of allylic oxidation sites excluding steroid dienone is 1. The van der Waals surface area contributed by atoms with E-state index in [9.17, 15) is 4.79 Å². The van der Waals surface area contributed by atoms with E-state index in [1.54, 1.807) is 10.8 Å². The van der Waals surface area contributed by atoms with Gasteiger partial charge >= 0.3 is 5.97 Å². The van der Waals surface area contributed by atoms with Crippen LogP contribution in [0.25, 0.3) is 0 Å². The van der Waals surface area contributed by atoms with Crippen molar-refractivity contribution in [2.24, 2.45) is 0 Å². The molecule has 1 fully saturated rings. The Hall–Kier alpha value is -1.65. The first-order valence-electron chi connectivity index (χ1n) is 5.01. The van der Waals surface area contributed by atoms with Crippen molar-refractivity contribution < 1.29 is 9.90 Å². The van der Waals surface area contributed by atoms with E-state index < -0.39 is 5.97 Å².